The van der Waals surface area contributed by atoms with E-state index in [1.165, 1.54) is 0 Å². The number of rotatable bonds is 4. The summed E-state index contributed by atoms with van der Waals surface area (Å²) in [5, 5.41) is 12.3. The van der Waals surface area contributed by atoms with Gasteiger partial charge >= 0.3 is 5.97 Å². The van der Waals surface area contributed by atoms with Gasteiger partial charge in [0.15, 0.2) is 0 Å². The molecule has 5 heteroatoms. The Bertz CT molecular complexity index is 1290. The minimum Gasteiger partial charge on any atom is -0.475 e. The fourth-order valence-electron chi connectivity index (χ4n) is 3.76. The molecule has 1 N–H and O–H groups in total. The van der Waals surface area contributed by atoms with E-state index in [-0.39, 0.29) is 5.56 Å². The van der Waals surface area contributed by atoms with Crippen molar-refractivity contribution in [2.75, 3.05) is 0 Å². The molecule has 0 unspecified atom stereocenters. The van der Waals surface area contributed by atoms with E-state index in [9.17, 15) is 14.7 Å². The fourth-order valence-corrected chi connectivity index (χ4v) is 4.01. The number of hydrogen-bond donors (Lipinski definition) is 1. The molecular weight excluding hydrogens is 419 g/mol. The highest BCUT2D eigenvalue weighted by atomic mass is 35.5. The average Bonchev–Trinajstić information content (AvgIpc) is 2.73. The highest BCUT2D eigenvalue weighted by Gasteiger charge is 2.24. The number of ketones is 1. The molecule has 0 aromatic heterocycles. The van der Waals surface area contributed by atoms with E-state index in [1.54, 1.807) is 31.2 Å². The second kappa shape index (κ2) is 7.94. The third kappa shape index (κ3) is 3.58. The van der Waals surface area contributed by atoms with Gasteiger partial charge in [0.1, 0.15) is 0 Å². The van der Waals surface area contributed by atoms with Gasteiger partial charge in [-0.15, -0.1) is 0 Å². The van der Waals surface area contributed by atoms with Crippen molar-refractivity contribution in [3.05, 3.63) is 94.0 Å². The van der Waals surface area contributed by atoms with Crippen LogP contribution in [0.2, 0.25) is 10.0 Å². The molecule has 4 aromatic rings. The van der Waals surface area contributed by atoms with Crippen LogP contribution in [0.1, 0.15) is 15.9 Å². The summed E-state index contributed by atoms with van der Waals surface area (Å²) in [4.78, 5) is 24.2. The predicted octanol–water partition coefficient (Wildman–Crippen LogP) is 7.06. The van der Waals surface area contributed by atoms with Crippen LogP contribution in [0, 0.1) is 6.92 Å². The predicted molar refractivity (Wildman–Crippen MR) is 122 cm³/mol. The van der Waals surface area contributed by atoms with Crippen LogP contribution in [-0.4, -0.2) is 16.9 Å². The largest absolute Gasteiger partial charge is 0.475 e. The van der Waals surface area contributed by atoms with Crippen molar-refractivity contribution in [3.63, 3.8) is 0 Å². The summed E-state index contributed by atoms with van der Waals surface area (Å²) in [5.41, 5.74) is 4.04. The maximum absolute atomic E-state index is 12.6. The molecule has 0 atom stereocenters. The van der Waals surface area contributed by atoms with Crippen LogP contribution in [0.4, 0.5) is 0 Å². The summed E-state index contributed by atoms with van der Waals surface area (Å²) < 4.78 is 0. The Morgan fingerprint density at radius 1 is 0.767 bits per heavy atom. The van der Waals surface area contributed by atoms with Gasteiger partial charge in [0.25, 0.3) is 5.78 Å². The lowest BCUT2D eigenvalue weighted by molar-refractivity contribution is -0.131. The maximum atomic E-state index is 12.6. The Hall–Kier alpha value is -3.14. The molecule has 148 valence electrons. The smallest absolute Gasteiger partial charge is 0.377 e. The van der Waals surface area contributed by atoms with Crippen molar-refractivity contribution in [1.82, 2.24) is 0 Å². The first-order valence-electron chi connectivity index (χ1n) is 9.22. The van der Waals surface area contributed by atoms with Crippen molar-refractivity contribution in [3.8, 4) is 22.3 Å². The summed E-state index contributed by atoms with van der Waals surface area (Å²) in [5.74, 6) is -2.42. The van der Waals surface area contributed by atoms with Gasteiger partial charge in [-0.1, -0.05) is 71.7 Å². The van der Waals surface area contributed by atoms with Crippen molar-refractivity contribution in [1.29, 1.82) is 0 Å². The molecule has 0 saturated heterocycles. The zero-order valence-corrected chi connectivity index (χ0v) is 17.5. The molecule has 0 fully saturated rings. The lowest BCUT2D eigenvalue weighted by Gasteiger charge is -2.17. The van der Waals surface area contributed by atoms with Crippen LogP contribution < -0.4 is 0 Å². The van der Waals surface area contributed by atoms with Crippen LogP contribution >= 0.6 is 23.2 Å². The van der Waals surface area contributed by atoms with Crippen LogP contribution in [0.15, 0.2) is 72.8 Å². The summed E-state index contributed by atoms with van der Waals surface area (Å²) in [6.45, 7) is 1.76. The number of benzene rings is 4. The van der Waals surface area contributed by atoms with E-state index < -0.39 is 11.8 Å². The molecule has 0 spiro atoms. The Morgan fingerprint density at radius 2 is 1.33 bits per heavy atom. The number of carboxylic acid groups (broad SMARTS) is 1. The molecule has 3 nitrogen and oxygen atoms in total. The van der Waals surface area contributed by atoms with Gasteiger partial charge in [0.2, 0.25) is 0 Å². The molecular formula is C25H16Cl2O3. The van der Waals surface area contributed by atoms with Gasteiger partial charge in [-0.3, -0.25) is 4.79 Å². The minimum atomic E-state index is -1.48. The average molecular weight is 435 g/mol. The van der Waals surface area contributed by atoms with Crippen LogP contribution in [0.3, 0.4) is 0 Å². The van der Waals surface area contributed by atoms with Gasteiger partial charge in [-0.2, -0.15) is 0 Å². The van der Waals surface area contributed by atoms with Gasteiger partial charge in [-0.05, 0) is 64.2 Å². The standard InChI is InChI=1S/C25H16Cl2O3/c1-14-13-21-19(15-5-9-17(26)10-6-15)3-2-4-20(21)23(22(14)24(28)25(29)30)16-7-11-18(27)12-8-16/h2-13H,1H3,(H,29,30). The monoisotopic (exact) mass is 434 g/mol. The van der Waals surface area contributed by atoms with Gasteiger partial charge in [-0.25, -0.2) is 4.79 Å². The molecule has 0 aliphatic carbocycles. The van der Waals surface area contributed by atoms with Crippen molar-refractivity contribution < 1.29 is 14.7 Å². The lowest BCUT2D eigenvalue weighted by atomic mass is 9.85. The molecule has 0 radical (unpaired) electrons. The summed E-state index contributed by atoms with van der Waals surface area (Å²) in [7, 11) is 0. The van der Waals surface area contributed by atoms with E-state index in [2.05, 4.69) is 0 Å². The van der Waals surface area contributed by atoms with Crippen molar-refractivity contribution in [2.45, 2.75) is 6.92 Å². The third-order valence-corrected chi connectivity index (χ3v) is 5.59. The molecule has 0 saturated carbocycles. The minimum absolute atomic E-state index is 0.186. The zero-order chi connectivity index (χ0) is 21.4. The number of carbonyl (C=O) groups is 2. The summed E-state index contributed by atoms with van der Waals surface area (Å²) >= 11 is 12.1. The molecule has 0 amide bonds. The first-order chi connectivity index (χ1) is 14.4. The quantitative estimate of drug-likeness (QED) is 0.276. The first-order valence-corrected chi connectivity index (χ1v) is 9.98. The molecule has 0 heterocycles. The van der Waals surface area contributed by atoms with E-state index in [1.807, 2.05) is 48.5 Å². The zero-order valence-electron chi connectivity index (χ0n) is 15.9. The normalized spacial score (nSPS) is 10.9. The Kier molecular flexibility index (Phi) is 5.33. The topological polar surface area (TPSA) is 54.4 Å². The van der Waals surface area contributed by atoms with Crippen LogP contribution in [-0.2, 0) is 4.79 Å². The number of hydrogen-bond acceptors (Lipinski definition) is 2. The van der Waals surface area contributed by atoms with Crippen molar-refractivity contribution >= 4 is 45.7 Å². The fraction of sp³-hybridized carbons (Fsp3) is 0.0400. The number of fused-ring (bicyclic) bond motifs is 1. The van der Waals surface area contributed by atoms with Gasteiger partial charge < -0.3 is 5.11 Å². The molecule has 30 heavy (non-hydrogen) atoms. The Labute approximate surface area is 183 Å². The number of carbonyl (C=O) groups excluding carboxylic acids is 1. The third-order valence-electron chi connectivity index (χ3n) is 5.09. The molecule has 4 aromatic carbocycles. The van der Waals surface area contributed by atoms with E-state index >= 15 is 0 Å². The maximum Gasteiger partial charge on any atom is 0.377 e. The van der Waals surface area contributed by atoms with Crippen molar-refractivity contribution in [2.24, 2.45) is 0 Å². The summed E-state index contributed by atoms with van der Waals surface area (Å²) in [6.07, 6.45) is 0. The van der Waals surface area contributed by atoms with E-state index in [4.69, 9.17) is 23.2 Å². The first kappa shape index (κ1) is 20.1. The number of Topliss-reactive ketones (excluding diaryl/α,β-unsaturated/α-hetero) is 1. The lowest BCUT2D eigenvalue weighted by Crippen LogP contribution is -2.15. The summed E-state index contributed by atoms with van der Waals surface area (Å²) in [6, 6.07) is 22.2. The SMILES string of the molecule is Cc1cc2c(-c3ccc(Cl)cc3)cccc2c(-c2ccc(Cl)cc2)c1C(=O)C(=O)O. The highest BCUT2D eigenvalue weighted by Crippen LogP contribution is 2.39. The molecule has 0 aliphatic heterocycles. The Morgan fingerprint density at radius 3 is 1.90 bits per heavy atom. The highest BCUT2D eigenvalue weighted by molar-refractivity contribution is 6.42. The molecule has 0 aliphatic rings. The van der Waals surface area contributed by atoms with Crippen LogP contribution in [0.5, 0.6) is 0 Å². The van der Waals surface area contributed by atoms with Gasteiger partial charge in [0.05, 0.1) is 0 Å². The molecule has 4 rings (SSSR count). The van der Waals surface area contributed by atoms with Crippen LogP contribution in [0.25, 0.3) is 33.0 Å². The van der Waals surface area contributed by atoms with E-state index in [0.717, 1.165) is 27.5 Å². The van der Waals surface area contributed by atoms with E-state index in [0.29, 0.717) is 21.2 Å². The molecule has 0 bridgehead atoms. The number of aliphatic carboxylic acids is 1. The number of halogens is 2. The second-order valence-corrected chi connectivity index (χ2v) is 7.87. The van der Waals surface area contributed by atoms with Gasteiger partial charge in [0, 0.05) is 21.2 Å². The second-order valence-electron chi connectivity index (χ2n) is 6.99. The number of aryl methyl sites for hydroxylation is 1. The Balaban J connectivity index is 2.11. The number of carboxylic acids is 1.